The van der Waals surface area contributed by atoms with E-state index in [1.54, 1.807) is 0 Å². The van der Waals surface area contributed by atoms with Crippen molar-refractivity contribution in [2.75, 3.05) is 18.8 Å². The SMILES string of the molecule is CC1(C)CN(C(=O)C2CCCCC2N)CCS1. The van der Waals surface area contributed by atoms with Crippen LogP contribution in [0.2, 0.25) is 0 Å². The summed E-state index contributed by atoms with van der Waals surface area (Å²) in [4.78, 5) is 14.5. The van der Waals surface area contributed by atoms with E-state index in [1.807, 2.05) is 16.7 Å². The van der Waals surface area contributed by atoms with Gasteiger partial charge in [0.15, 0.2) is 0 Å². The van der Waals surface area contributed by atoms with Crippen molar-refractivity contribution in [2.45, 2.75) is 50.3 Å². The maximum atomic E-state index is 12.5. The third-order valence-corrected chi connectivity index (χ3v) is 5.17. The highest BCUT2D eigenvalue weighted by Gasteiger charge is 2.36. The number of hydrogen-bond acceptors (Lipinski definition) is 3. The quantitative estimate of drug-likeness (QED) is 0.779. The van der Waals surface area contributed by atoms with Crippen LogP contribution in [0.25, 0.3) is 0 Å². The van der Waals surface area contributed by atoms with Gasteiger partial charge in [-0.15, -0.1) is 0 Å². The molecule has 0 aromatic heterocycles. The van der Waals surface area contributed by atoms with E-state index in [0.717, 1.165) is 38.1 Å². The molecule has 1 amide bonds. The molecule has 2 aliphatic rings. The average molecular weight is 256 g/mol. The van der Waals surface area contributed by atoms with Crippen LogP contribution in [0.4, 0.5) is 0 Å². The zero-order valence-electron chi connectivity index (χ0n) is 10.9. The van der Waals surface area contributed by atoms with E-state index in [-0.39, 0.29) is 16.7 Å². The number of nitrogens with two attached hydrogens (primary N) is 1. The number of amides is 1. The van der Waals surface area contributed by atoms with Crippen LogP contribution in [0.5, 0.6) is 0 Å². The molecule has 0 bridgehead atoms. The molecule has 17 heavy (non-hydrogen) atoms. The monoisotopic (exact) mass is 256 g/mol. The molecular weight excluding hydrogens is 232 g/mol. The molecule has 2 unspecified atom stereocenters. The van der Waals surface area contributed by atoms with Crippen molar-refractivity contribution in [3.05, 3.63) is 0 Å². The lowest BCUT2D eigenvalue weighted by Crippen LogP contribution is -2.52. The van der Waals surface area contributed by atoms with Crippen LogP contribution in [0.3, 0.4) is 0 Å². The van der Waals surface area contributed by atoms with E-state index in [2.05, 4.69) is 13.8 Å². The van der Waals surface area contributed by atoms with E-state index >= 15 is 0 Å². The highest BCUT2D eigenvalue weighted by Crippen LogP contribution is 2.32. The zero-order valence-corrected chi connectivity index (χ0v) is 11.8. The Kier molecular flexibility index (Phi) is 4.03. The van der Waals surface area contributed by atoms with Crippen LogP contribution in [0.1, 0.15) is 39.5 Å². The van der Waals surface area contributed by atoms with Gasteiger partial charge in [0.05, 0.1) is 5.92 Å². The van der Waals surface area contributed by atoms with Crippen molar-refractivity contribution < 1.29 is 4.79 Å². The summed E-state index contributed by atoms with van der Waals surface area (Å²) in [5.74, 6) is 1.45. The Morgan fingerprint density at radius 1 is 1.35 bits per heavy atom. The highest BCUT2D eigenvalue weighted by atomic mass is 32.2. The molecule has 4 heteroatoms. The second-order valence-corrected chi connectivity index (χ2v) is 7.72. The molecule has 1 heterocycles. The van der Waals surface area contributed by atoms with Gasteiger partial charge in [-0.25, -0.2) is 0 Å². The Hall–Kier alpha value is -0.220. The molecule has 2 N–H and O–H groups in total. The van der Waals surface area contributed by atoms with Crippen molar-refractivity contribution in [1.82, 2.24) is 4.90 Å². The molecule has 0 radical (unpaired) electrons. The topological polar surface area (TPSA) is 46.3 Å². The summed E-state index contributed by atoms with van der Waals surface area (Å²) >= 11 is 1.96. The summed E-state index contributed by atoms with van der Waals surface area (Å²) in [6.45, 7) is 6.21. The van der Waals surface area contributed by atoms with Crippen molar-refractivity contribution in [3.8, 4) is 0 Å². The second kappa shape index (κ2) is 5.19. The predicted octanol–water partition coefficient (Wildman–Crippen LogP) is 1.86. The average Bonchev–Trinajstić information content (AvgIpc) is 2.27. The molecule has 0 spiro atoms. The fraction of sp³-hybridized carbons (Fsp3) is 0.923. The Morgan fingerprint density at radius 2 is 2.06 bits per heavy atom. The van der Waals surface area contributed by atoms with Gasteiger partial charge in [-0.05, 0) is 26.7 Å². The first-order chi connectivity index (χ1) is 7.99. The van der Waals surface area contributed by atoms with Gasteiger partial charge in [-0.1, -0.05) is 12.8 Å². The minimum atomic E-state index is 0.0858. The molecule has 1 aliphatic carbocycles. The molecular formula is C13H24N2OS. The van der Waals surface area contributed by atoms with Gasteiger partial charge in [0, 0.05) is 29.6 Å². The Bertz CT molecular complexity index is 293. The third kappa shape index (κ3) is 3.16. The minimum Gasteiger partial charge on any atom is -0.340 e. The van der Waals surface area contributed by atoms with Crippen LogP contribution in [0.15, 0.2) is 0 Å². The summed E-state index contributed by atoms with van der Waals surface area (Å²) in [5, 5.41) is 0. The maximum absolute atomic E-state index is 12.5. The van der Waals surface area contributed by atoms with Crippen LogP contribution < -0.4 is 5.73 Å². The minimum absolute atomic E-state index is 0.0858. The van der Waals surface area contributed by atoms with Crippen LogP contribution in [-0.4, -0.2) is 40.4 Å². The summed E-state index contributed by atoms with van der Waals surface area (Å²) in [6.07, 6.45) is 4.36. The Balaban J connectivity index is 1.99. The fourth-order valence-electron chi connectivity index (χ4n) is 2.91. The van der Waals surface area contributed by atoms with Gasteiger partial charge in [-0.3, -0.25) is 4.79 Å². The summed E-state index contributed by atoms with van der Waals surface area (Å²) in [6, 6.07) is 0.0916. The van der Waals surface area contributed by atoms with Gasteiger partial charge in [0.2, 0.25) is 5.91 Å². The Labute approximate surface area is 108 Å². The molecule has 2 atom stereocenters. The molecule has 2 fully saturated rings. The van der Waals surface area contributed by atoms with Gasteiger partial charge >= 0.3 is 0 Å². The molecule has 0 aromatic rings. The van der Waals surface area contributed by atoms with E-state index in [9.17, 15) is 4.79 Å². The van der Waals surface area contributed by atoms with Crippen molar-refractivity contribution in [2.24, 2.45) is 11.7 Å². The van der Waals surface area contributed by atoms with E-state index in [4.69, 9.17) is 5.73 Å². The van der Waals surface area contributed by atoms with E-state index < -0.39 is 0 Å². The standard InChI is InChI=1S/C13H24N2OS/c1-13(2)9-15(7-8-17-13)12(16)10-5-3-4-6-11(10)14/h10-11H,3-9,14H2,1-2H3. The number of nitrogens with zero attached hydrogens (tertiary/aromatic N) is 1. The predicted molar refractivity (Wildman–Crippen MR) is 73.1 cm³/mol. The molecule has 2 rings (SSSR count). The first kappa shape index (κ1) is 13.2. The van der Waals surface area contributed by atoms with Crippen molar-refractivity contribution in [3.63, 3.8) is 0 Å². The number of carbonyl (C=O) groups excluding carboxylic acids is 1. The maximum Gasteiger partial charge on any atom is 0.227 e. The van der Waals surface area contributed by atoms with Crippen LogP contribution in [-0.2, 0) is 4.79 Å². The van der Waals surface area contributed by atoms with Crippen LogP contribution >= 0.6 is 11.8 Å². The molecule has 0 aromatic carbocycles. The number of carbonyl (C=O) groups is 1. The van der Waals surface area contributed by atoms with Gasteiger partial charge in [0.25, 0.3) is 0 Å². The fourth-order valence-corrected chi connectivity index (χ4v) is 4.02. The lowest BCUT2D eigenvalue weighted by atomic mass is 9.84. The third-order valence-electron chi connectivity index (χ3n) is 3.87. The first-order valence-electron chi connectivity index (χ1n) is 6.68. The summed E-state index contributed by atoms with van der Waals surface area (Å²) < 4.78 is 0.201. The lowest BCUT2D eigenvalue weighted by molar-refractivity contribution is -0.137. The molecule has 98 valence electrons. The normalized spacial score (nSPS) is 33.5. The summed E-state index contributed by atoms with van der Waals surface area (Å²) in [5.41, 5.74) is 6.10. The highest BCUT2D eigenvalue weighted by molar-refractivity contribution is 8.00. The molecule has 3 nitrogen and oxygen atoms in total. The number of hydrogen-bond donors (Lipinski definition) is 1. The number of thioether (sulfide) groups is 1. The molecule has 1 saturated carbocycles. The van der Waals surface area contributed by atoms with Gasteiger partial charge in [0.1, 0.15) is 0 Å². The Morgan fingerprint density at radius 3 is 2.71 bits per heavy atom. The van der Waals surface area contributed by atoms with Crippen molar-refractivity contribution in [1.29, 1.82) is 0 Å². The summed E-state index contributed by atoms with van der Waals surface area (Å²) in [7, 11) is 0. The second-order valence-electron chi connectivity index (χ2n) is 5.92. The lowest BCUT2D eigenvalue weighted by Gasteiger charge is -2.40. The van der Waals surface area contributed by atoms with Gasteiger partial charge < -0.3 is 10.6 Å². The van der Waals surface area contributed by atoms with Crippen molar-refractivity contribution >= 4 is 17.7 Å². The van der Waals surface area contributed by atoms with E-state index in [0.29, 0.717) is 5.91 Å². The largest absolute Gasteiger partial charge is 0.340 e. The zero-order chi connectivity index (χ0) is 12.5. The molecule has 1 aliphatic heterocycles. The van der Waals surface area contributed by atoms with Gasteiger partial charge in [-0.2, -0.15) is 11.8 Å². The first-order valence-corrected chi connectivity index (χ1v) is 7.66. The van der Waals surface area contributed by atoms with Crippen LogP contribution in [0, 0.1) is 5.92 Å². The smallest absolute Gasteiger partial charge is 0.227 e. The number of rotatable bonds is 1. The molecule has 1 saturated heterocycles. The van der Waals surface area contributed by atoms with E-state index in [1.165, 1.54) is 6.42 Å².